The first-order chi connectivity index (χ1) is 9.60. The molecule has 0 spiro atoms. The summed E-state index contributed by atoms with van der Waals surface area (Å²) in [5.74, 6) is 0. The lowest BCUT2D eigenvalue weighted by atomic mass is 10.00. The number of fused-ring (bicyclic) bond motifs is 1. The van der Waals surface area contributed by atoms with Crippen LogP contribution in [0.4, 0.5) is 5.69 Å². The van der Waals surface area contributed by atoms with Gasteiger partial charge in [-0.15, -0.1) is 0 Å². The molecule has 3 heteroatoms. The molecular weight excluding hydrogens is 312 g/mol. The van der Waals surface area contributed by atoms with Gasteiger partial charge in [-0.3, -0.25) is 4.90 Å². The van der Waals surface area contributed by atoms with Gasteiger partial charge in [-0.05, 0) is 62.9 Å². The van der Waals surface area contributed by atoms with Gasteiger partial charge in [0.25, 0.3) is 0 Å². The van der Waals surface area contributed by atoms with Crippen LogP contribution in [-0.2, 0) is 0 Å². The lowest BCUT2D eigenvalue weighted by Crippen LogP contribution is -2.56. The van der Waals surface area contributed by atoms with Gasteiger partial charge >= 0.3 is 0 Å². The number of benzene rings is 1. The zero-order chi connectivity index (χ0) is 14.3. The standard InChI is InChI=1S/C17H25BrN2/c1-4-15-10-19-7-5-6-16(19)11-20(15)17-12(2)8-14(18)9-13(17)3/h8-9,15-16H,4-7,10-11H2,1-3H3. The average Bonchev–Trinajstić information content (AvgIpc) is 2.83. The van der Waals surface area contributed by atoms with Crippen molar-refractivity contribution in [2.75, 3.05) is 24.5 Å². The Labute approximate surface area is 131 Å². The SMILES string of the molecule is CCC1CN2CCCC2CN1c1c(C)cc(Br)cc1C. The Morgan fingerprint density at radius 3 is 2.55 bits per heavy atom. The molecule has 0 aliphatic carbocycles. The van der Waals surface area contributed by atoms with Crippen molar-refractivity contribution in [3.05, 3.63) is 27.7 Å². The van der Waals surface area contributed by atoms with E-state index in [9.17, 15) is 0 Å². The summed E-state index contributed by atoms with van der Waals surface area (Å²) in [6, 6.07) is 5.97. The maximum Gasteiger partial charge on any atom is 0.0429 e. The van der Waals surface area contributed by atoms with Crippen molar-refractivity contribution in [3.8, 4) is 0 Å². The summed E-state index contributed by atoms with van der Waals surface area (Å²) in [6.45, 7) is 10.6. The van der Waals surface area contributed by atoms with E-state index in [1.165, 1.54) is 60.2 Å². The fraction of sp³-hybridized carbons (Fsp3) is 0.647. The van der Waals surface area contributed by atoms with Gasteiger partial charge in [-0.1, -0.05) is 22.9 Å². The van der Waals surface area contributed by atoms with Gasteiger partial charge in [0.2, 0.25) is 0 Å². The summed E-state index contributed by atoms with van der Waals surface area (Å²) >= 11 is 3.62. The Balaban J connectivity index is 1.95. The minimum absolute atomic E-state index is 0.669. The number of aryl methyl sites for hydroxylation is 2. The highest BCUT2D eigenvalue weighted by molar-refractivity contribution is 9.10. The number of hydrogen-bond donors (Lipinski definition) is 0. The molecule has 2 heterocycles. The molecular formula is C17H25BrN2. The highest BCUT2D eigenvalue weighted by Gasteiger charge is 2.36. The molecule has 3 rings (SSSR count). The van der Waals surface area contributed by atoms with Gasteiger partial charge in [0.1, 0.15) is 0 Å². The molecule has 20 heavy (non-hydrogen) atoms. The minimum Gasteiger partial charge on any atom is -0.365 e. The molecule has 2 fully saturated rings. The molecule has 0 amide bonds. The van der Waals surface area contributed by atoms with Crippen molar-refractivity contribution in [1.82, 2.24) is 4.90 Å². The van der Waals surface area contributed by atoms with Crippen LogP contribution in [0.3, 0.4) is 0 Å². The lowest BCUT2D eigenvalue weighted by Gasteiger charge is -2.46. The van der Waals surface area contributed by atoms with Crippen LogP contribution in [0.15, 0.2) is 16.6 Å². The first kappa shape index (κ1) is 14.4. The normalized spacial score (nSPS) is 26.9. The van der Waals surface area contributed by atoms with Crippen molar-refractivity contribution in [3.63, 3.8) is 0 Å². The Hall–Kier alpha value is -0.540. The topological polar surface area (TPSA) is 6.48 Å². The zero-order valence-corrected chi connectivity index (χ0v) is 14.4. The van der Waals surface area contributed by atoms with Crippen LogP contribution < -0.4 is 4.90 Å². The van der Waals surface area contributed by atoms with E-state index in [1.807, 2.05) is 0 Å². The van der Waals surface area contributed by atoms with Gasteiger partial charge in [-0.25, -0.2) is 0 Å². The van der Waals surface area contributed by atoms with Crippen LogP contribution in [-0.4, -0.2) is 36.6 Å². The molecule has 2 aliphatic rings. The van der Waals surface area contributed by atoms with Crippen molar-refractivity contribution in [2.45, 2.75) is 52.1 Å². The van der Waals surface area contributed by atoms with Crippen molar-refractivity contribution in [2.24, 2.45) is 0 Å². The summed E-state index contributed by atoms with van der Waals surface area (Å²) in [7, 11) is 0. The molecule has 2 saturated heterocycles. The molecule has 1 aromatic rings. The third-order valence-electron chi connectivity index (χ3n) is 5.01. The quantitative estimate of drug-likeness (QED) is 0.801. The summed E-state index contributed by atoms with van der Waals surface area (Å²) < 4.78 is 1.20. The van der Waals surface area contributed by atoms with Gasteiger partial charge < -0.3 is 4.90 Å². The Morgan fingerprint density at radius 1 is 1.20 bits per heavy atom. The third kappa shape index (κ3) is 2.50. The van der Waals surface area contributed by atoms with Crippen molar-refractivity contribution >= 4 is 21.6 Å². The molecule has 2 atom stereocenters. The van der Waals surface area contributed by atoms with Crippen LogP contribution in [0.1, 0.15) is 37.3 Å². The molecule has 0 aromatic heterocycles. The second kappa shape index (κ2) is 5.69. The summed E-state index contributed by atoms with van der Waals surface area (Å²) in [6.07, 6.45) is 3.99. The van der Waals surface area contributed by atoms with E-state index in [1.54, 1.807) is 0 Å². The highest BCUT2D eigenvalue weighted by Crippen LogP contribution is 2.35. The highest BCUT2D eigenvalue weighted by atomic mass is 79.9. The molecule has 1 aromatic carbocycles. The summed E-state index contributed by atoms with van der Waals surface area (Å²) in [4.78, 5) is 5.41. The molecule has 0 bridgehead atoms. The lowest BCUT2D eigenvalue weighted by molar-refractivity contribution is 0.194. The van der Waals surface area contributed by atoms with E-state index in [0.717, 1.165) is 6.04 Å². The summed E-state index contributed by atoms with van der Waals surface area (Å²) in [5.41, 5.74) is 4.29. The zero-order valence-electron chi connectivity index (χ0n) is 12.8. The number of rotatable bonds is 2. The van der Waals surface area contributed by atoms with Crippen molar-refractivity contribution in [1.29, 1.82) is 0 Å². The fourth-order valence-electron chi connectivity index (χ4n) is 4.07. The second-order valence-corrected chi connectivity index (χ2v) is 7.31. The van der Waals surface area contributed by atoms with Gasteiger partial charge in [0.15, 0.2) is 0 Å². The van der Waals surface area contributed by atoms with Crippen LogP contribution in [0.25, 0.3) is 0 Å². The summed E-state index contributed by atoms with van der Waals surface area (Å²) in [5, 5.41) is 0. The Bertz CT molecular complexity index is 477. The molecule has 2 nitrogen and oxygen atoms in total. The molecule has 2 aliphatic heterocycles. The van der Waals surface area contributed by atoms with E-state index in [-0.39, 0.29) is 0 Å². The third-order valence-corrected chi connectivity index (χ3v) is 5.46. The monoisotopic (exact) mass is 336 g/mol. The van der Waals surface area contributed by atoms with Crippen LogP contribution in [0, 0.1) is 13.8 Å². The number of halogens is 1. The van der Waals surface area contributed by atoms with E-state index >= 15 is 0 Å². The van der Waals surface area contributed by atoms with E-state index in [0.29, 0.717) is 6.04 Å². The fourth-order valence-corrected chi connectivity index (χ4v) is 4.75. The number of nitrogens with zero attached hydrogens (tertiary/aromatic N) is 2. The maximum atomic E-state index is 3.62. The first-order valence-corrected chi connectivity index (χ1v) is 8.67. The molecule has 0 saturated carbocycles. The maximum absolute atomic E-state index is 3.62. The molecule has 0 radical (unpaired) electrons. The van der Waals surface area contributed by atoms with Crippen molar-refractivity contribution < 1.29 is 0 Å². The number of hydrogen-bond acceptors (Lipinski definition) is 2. The first-order valence-electron chi connectivity index (χ1n) is 7.87. The van der Waals surface area contributed by atoms with Crippen LogP contribution in [0.5, 0.6) is 0 Å². The van der Waals surface area contributed by atoms with Gasteiger partial charge in [0, 0.05) is 35.3 Å². The van der Waals surface area contributed by atoms with E-state index in [4.69, 9.17) is 0 Å². The van der Waals surface area contributed by atoms with Gasteiger partial charge in [-0.2, -0.15) is 0 Å². The van der Waals surface area contributed by atoms with Crippen LogP contribution in [0.2, 0.25) is 0 Å². The van der Waals surface area contributed by atoms with Gasteiger partial charge in [0.05, 0.1) is 0 Å². The number of anilines is 1. The van der Waals surface area contributed by atoms with E-state index in [2.05, 4.69) is 58.6 Å². The number of piperazine rings is 1. The minimum atomic E-state index is 0.669. The van der Waals surface area contributed by atoms with E-state index < -0.39 is 0 Å². The predicted octanol–water partition coefficient (Wildman–Crippen LogP) is 4.13. The Kier molecular flexibility index (Phi) is 4.09. The Morgan fingerprint density at radius 2 is 1.90 bits per heavy atom. The van der Waals surface area contributed by atoms with Crippen LogP contribution >= 0.6 is 15.9 Å². The molecule has 0 N–H and O–H groups in total. The molecule has 2 unspecified atom stereocenters. The second-order valence-electron chi connectivity index (χ2n) is 6.39. The average molecular weight is 337 g/mol. The smallest absolute Gasteiger partial charge is 0.0429 e. The molecule has 110 valence electrons. The predicted molar refractivity (Wildman–Crippen MR) is 89.6 cm³/mol. The largest absolute Gasteiger partial charge is 0.365 e.